The van der Waals surface area contributed by atoms with Crippen LogP contribution in [-0.4, -0.2) is 40.6 Å². The molecule has 1 aliphatic rings. The summed E-state index contributed by atoms with van der Waals surface area (Å²) >= 11 is 0. The molecule has 2 N–H and O–H groups in total. The van der Waals surface area contributed by atoms with Gasteiger partial charge in [0.2, 0.25) is 0 Å². The molecule has 0 radical (unpaired) electrons. The molecule has 1 aromatic carbocycles. The number of carbonyl (C=O) groups is 1. The summed E-state index contributed by atoms with van der Waals surface area (Å²) in [6, 6.07) is 3.94. The van der Waals surface area contributed by atoms with Crippen molar-refractivity contribution in [3.8, 4) is 0 Å². The average Bonchev–Trinajstić information content (AvgIpc) is 3.04. The lowest BCUT2D eigenvalue weighted by Crippen LogP contribution is -2.21. The number of likely N-dealkylation sites (tertiary alicyclic amines) is 1. The van der Waals surface area contributed by atoms with Crippen molar-refractivity contribution in [2.45, 2.75) is 26.2 Å². The van der Waals surface area contributed by atoms with Gasteiger partial charge in [-0.05, 0) is 50.4 Å². The first-order valence-electron chi connectivity index (χ1n) is 7.22. The second kappa shape index (κ2) is 5.29. The van der Waals surface area contributed by atoms with Crippen molar-refractivity contribution >= 4 is 16.9 Å². The van der Waals surface area contributed by atoms with Crippen LogP contribution >= 0.6 is 0 Å². The van der Waals surface area contributed by atoms with E-state index in [0.717, 1.165) is 29.4 Å². The Morgan fingerprint density at radius 3 is 2.80 bits per heavy atom. The number of fused-ring (bicyclic) bond motifs is 1. The lowest BCUT2D eigenvalue weighted by Gasteiger charge is -2.13. The van der Waals surface area contributed by atoms with Gasteiger partial charge in [-0.25, -0.2) is 4.79 Å². The van der Waals surface area contributed by atoms with E-state index in [-0.39, 0.29) is 0 Å². The summed E-state index contributed by atoms with van der Waals surface area (Å²) in [4.78, 5) is 17.0. The maximum absolute atomic E-state index is 11.4. The number of benzene rings is 1. The molecule has 0 amide bonds. The zero-order valence-corrected chi connectivity index (χ0v) is 11.8. The normalized spacial score (nSPS) is 16.1. The number of hydrogen-bond donors (Lipinski definition) is 2. The van der Waals surface area contributed by atoms with E-state index in [0.29, 0.717) is 5.56 Å². The van der Waals surface area contributed by atoms with E-state index >= 15 is 0 Å². The second-order valence-electron chi connectivity index (χ2n) is 5.60. The number of aromatic carboxylic acids is 1. The molecular weight excluding hydrogens is 252 g/mol. The molecule has 3 rings (SSSR count). The minimum absolute atomic E-state index is 0.398. The van der Waals surface area contributed by atoms with Crippen LogP contribution < -0.4 is 0 Å². The summed E-state index contributed by atoms with van der Waals surface area (Å²) in [7, 11) is 0. The fourth-order valence-corrected chi connectivity index (χ4v) is 3.13. The minimum atomic E-state index is -0.860. The smallest absolute Gasteiger partial charge is 0.338 e. The van der Waals surface area contributed by atoms with E-state index in [4.69, 9.17) is 0 Å². The van der Waals surface area contributed by atoms with Crippen molar-refractivity contribution in [1.82, 2.24) is 9.88 Å². The number of nitrogens with zero attached hydrogens (tertiary/aromatic N) is 1. The number of carboxylic acids is 1. The molecular formula is C16H20N2O2. The first-order chi connectivity index (χ1) is 9.66. The third kappa shape index (κ3) is 2.31. The number of aromatic nitrogens is 1. The van der Waals surface area contributed by atoms with E-state index in [9.17, 15) is 9.90 Å². The summed E-state index contributed by atoms with van der Waals surface area (Å²) in [5.74, 6) is -0.860. The van der Waals surface area contributed by atoms with E-state index < -0.39 is 5.97 Å². The van der Waals surface area contributed by atoms with Crippen molar-refractivity contribution in [2.75, 3.05) is 19.6 Å². The molecule has 106 valence electrons. The van der Waals surface area contributed by atoms with Crippen molar-refractivity contribution < 1.29 is 9.90 Å². The number of hydrogen-bond acceptors (Lipinski definition) is 2. The third-order valence-electron chi connectivity index (χ3n) is 4.26. The Morgan fingerprint density at radius 2 is 2.10 bits per heavy atom. The SMILES string of the molecule is Cc1ccc2c(CCN3CCCC3)c[nH]c2c1C(=O)O. The molecule has 0 saturated carbocycles. The Bertz CT molecular complexity index is 639. The van der Waals surface area contributed by atoms with Gasteiger partial charge in [-0.1, -0.05) is 12.1 Å². The molecule has 2 heterocycles. The summed E-state index contributed by atoms with van der Waals surface area (Å²) in [5.41, 5.74) is 3.18. The molecule has 2 aromatic rings. The first-order valence-corrected chi connectivity index (χ1v) is 7.22. The summed E-state index contributed by atoms with van der Waals surface area (Å²) in [5, 5.41) is 10.4. The number of aromatic amines is 1. The standard InChI is InChI=1S/C16H20N2O2/c1-11-4-5-13-12(6-9-18-7-2-3-8-18)10-17-15(13)14(11)16(19)20/h4-5,10,17H,2-3,6-9H2,1H3,(H,19,20). The number of nitrogens with one attached hydrogen (secondary N) is 1. The van der Waals surface area contributed by atoms with Crippen LogP contribution in [-0.2, 0) is 6.42 Å². The van der Waals surface area contributed by atoms with E-state index in [1.54, 1.807) is 0 Å². The van der Waals surface area contributed by atoms with Gasteiger partial charge in [-0.15, -0.1) is 0 Å². The van der Waals surface area contributed by atoms with E-state index in [1.165, 1.54) is 31.5 Å². The minimum Gasteiger partial charge on any atom is -0.478 e. The van der Waals surface area contributed by atoms with Gasteiger partial charge in [0.05, 0.1) is 11.1 Å². The first kappa shape index (κ1) is 13.2. The zero-order valence-electron chi connectivity index (χ0n) is 11.8. The highest BCUT2D eigenvalue weighted by Gasteiger charge is 2.16. The summed E-state index contributed by atoms with van der Waals surface area (Å²) in [6.45, 7) is 5.29. The monoisotopic (exact) mass is 272 g/mol. The van der Waals surface area contributed by atoms with Crippen molar-refractivity contribution in [2.24, 2.45) is 0 Å². The Labute approximate surface area is 118 Å². The third-order valence-corrected chi connectivity index (χ3v) is 4.26. The molecule has 0 spiro atoms. The van der Waals surface area contributed by atoms with Crippen LogP contribution in [0.4, 0.5) is 0 Å². The van der Waals surface area contributed by atoms with Gasteiger partial charge in [0.25, 0.3) is 0 Å². The topological polar surface area (TPSA) is 56.3 Å². The van der Waals surface area contributed by atoms with Crippen LogP contribution in [0, 0.1) is 6.92 Å². The Morgan fingerprint density at radius 1 is 1.35 bits per heavy atom. The van der Waals surface area contributed by atoms with E-state index in [2.05, 4.69) is 9.88 Å². The van der Waals surface area contributed by atoms with Gasteiger partial charge in [0.15, 0.2) is 0 Å². The average molecular weight is 272 g/mol. The summed E-state index contributed by atoms with van der Waals surface area (Å²) in [6.07, 6.45) is 5.54. The number of H-pyrrole nitrogens is 1. The van der Waals surface area contributed by atoms with Crippen LogP contribution in [0.3, 0.4) is 0 Å². The number of rotatable bonds is 4. The quantitative estimate of drug-likeness (QED) is 0.900. The Hall–Kier alpha value is -1.81. The number of aryl methyl sites for hydroxylation is 1. The molecule has 0 bridgehead atoms. The molecule has 1 aliphatic heterocycles. The van der Waals surface area contributed by atoms with Crippen molar-refractivity contribution in [3.63, 3.8) is 0 Å². The maximum atomic E-state index is 11.4. The molecule has 4 heteroatoms. The fourth-order valence-electron chi connectivity index (χ4n) is 3.13. The fraction of sp³-hybridized carbons (Fsp3) is 0.438. The maximum Gasteiger partial charge on any atom is 0.338 e. The molecule has 0 atom stereocenters. The van der Waals surface area contributed by atoms with Crippen LogP contribution in [0.2, 0.25) is 0 Å². The Balaban J connectivity index is 1.89. The molecule has 20 heavy (non-hydrogen) atoms. The van der Waals surface area contributed by atoms with Crippen LogP contribution in [0.5, 0.6) is 0 Å². The van der Waals surface area contributed by atoms with Gasteiger partial charge < -0.3 is 15.0 Å². The number of carboxylic acid groups (broad SMARTS) is 1. The largest absolute Gasteiger partial charge is 0.478 e. The van der Waals surface area contributed by atoms with Gasteiger partial charge in [-0.3, -0.25) is 0 Å². The predicted molar refractivity (Wildman–Crippen MR) is 79.4 cm³/mol. The lowest BCUT2D eigenvalue weighted by molar-refractivity contribution is 0.0698. The highest BCUT2D eigenvalue weighted by molar-refractivity contribution is 6.04. The van der Waals surface area contributed by atoms with Crippen molar-refractivity contribution in [3.05, 3.63) is 35.0 Å². The van der Waals surface area contributed by atoms with Crippen molar-refractivity contribution in [1.29, 1.82) is 0 Å². The molecule has 0 aliphatic carbocycles. The Kier molecular flexibility index (Phi) is 3.49. The zero-order chi connectivity index (χ0) is 14.1. The molecule has 1 saturated heterocycles. The van der Waals surface area contributed by atoms with Crippen LogP contribution in [0.25, 0.3) is 10.9 Å². The second-order valence-corrected chi connectivity index (χ2v) is 5.60. The lowest BCUT2D eigenvalue weighted by atomic mass is 10.0. The van der Waals surface area contributed by atoms with Gasteiger partial charge in [0, 0.05) is 18.1 Å². The van der Waals surface area contributed by atoms with E-state index in [1.807, 2.05) is 25.3 Å². The van der Waals surface area contributed by atoms with Gasteiger partial charge >= 0.3 is 5.97 Å². The summed E-state index contributed by atoms with van der Waals surface area (Å²) < 4.78 is 0. The predicted octanol–water partition coefficient (Wildman–Crippen LogP) is 2.81. The highest BCUT2D eigenvalue weighted by atomic mass is 16.4. The highest BCUT2D eigenvalue weighted by Crippen LogP contribution is 2.25. The van der Waals surface area contributed by atoms with Crippen LogP contribution in [0.15, 0.2) is 18.3 Å². The van der Waals surface area contributed by atoms with Crippen LogP contribution in [0.1, 0.15) is 34.3 Å². The molecule has 4 nitrogen and oxygen atoms in total. The molecule has 0 unspecified atom stereocenters. The molecule has 1 aromatic heterocycles. The van der Waals surface area contributed by atoms with Gasteiger partial charge in [-0.2, -0.15) is 0 Å². The molecule has 1 fully saturated rings. The van der Waals surface area contributed by atoms with Gasteiger partial charge in [0.1, 0.15) is 0 Å².